The molecule has 3 rings (SSSR count). The Morgan fingerprint density at radius 3 is 2.45 bits per heavy atom. The molecule has 2 aromatic rings. The lowest BCUT2D eigenvalue weighted by Crippen LogP contribution is -2.03. The van der Waals surface area contributed by atoms with Crippen LogP contribution in [-0.2, 0) is 6.42 Å². The van der Waals surface area contributed by atoms with E-state index in [-0.39, 0.29) is 11.3 Å². The van der Waals surface area contributed by atoms with E-state index in [2.05, 4.69) is 25.2 Å². The highest BCUT2D eigenvalue weighted by atomic mass is 19.2. The Bertz CT molecular complexity index is 927. The third-order valence-electron chi connectivity index (χ3n) is 6.52. The summed E-state index contributed by atoms with van der Waals surface area (Å²) in [5.41, 5.74) is 3.80. The van der Waals surface area contributed by atoms with E-state index in [1.165, 1.54) is 63.0 Å². The summed E-state index contributed by atoms with van der Waals surface area (Å²) >= 11 is 0. The molecule has 178 valence electrons. The van der Waals surface area contributed by atoms with Gasteiger partial charge >= 0.3 is 0 Å². The summed E-state index contributed by atoms with van der Waals surface area (Å²) in [5.74, 6) is -1.16. The Hall–Kier alpha value is -2.42. The number of hydrogen-bond acceptors (Lipinski definition) is 1. The topological polar surface area (TPSA) is 9.23 Å². The minimum Gasteiger partial charge on any atom is -0.491 e. The van der Waals surface area contributed by atoms with Crippen molar-refractivity contribution < 1.29 is 13.5 Å². The minimum absolute atomic E-state index is 0.0428. The van der Waals surface area contributed by atoms with E-state index in [9.17, 15) is 8.78 Å². The van der Waals surface area contributed by atoms with Crippen LogP contribution in [0.25, 0.3) is 11.1 Å². The first kappa shape index (κ1) is 25.2. The van der Waals surface area contributed by atoms with Crippen LogP contribution in [0.1, 0.15) is 77.2 Å². The number of ether oxygens (including phenoxy) is 1. The van der Waals surface area contributed by atoms with E-state index in [0.29, 0.717) is 18.1 Å². The average molecular weight is 453 g/mol. The van der Waals surface area contributed by atoms with Gasteiger partial charge in [0.05, 0.1) is 6.61 Å². The van der Waals surface area contributed by atoms with Gasteiger partial charge in [0.25, 0.3) is 0 Å². The normalized spacial score (nSPS) is 16.2. The zero-order valence-corrected chi connectivity index (χ0v) is 20.2. The van der Waals surface area contributed by atoms with E-state index in [1.807, 2.05) is 24.3 Å². The van der Waals surface area contributed by atoms with Crippen LogP contribution in [0, 0.1) is 17.6 Å². The molecule has 0 amide bonds. The molecule has 0 radical (unpaired) electrons. The first-order chi connectivity index (χ1) is 16.1. The molecule has 0 heterocycles. The fourth-order valence-corrected chi connectivity index (χ4v) is 4.50. The highest BCUT2D eigenvalue weighted by Crippen LogP contribution is 2.30. The molecular formula is C30H38F2O. The van der Waals surface area contributed by atoms with Gasteiger partial charge in [0.1, 0.15) is 0 Å². The summed E-state index contributed by atoms with van der Waals surface area (Å²) in [6.07, 6.45) is 19.5. The maximum absolute atomic E-state index is 14.4. The molecule has 0 saturated carbocycles. The third kappa shape index (κ3) is 7.55. The summed E-state index contributed by atoms with van der Waals surface area (Å²) in [5, 5.41) is 0. The lowest BCUT2D eigenvalue weighted by Gasteiger charge is -2.19. The lowest BCUT2D eigenvalue weighted by atomic mass is 9.87. The summed E-state index contributed by atoms with van der Waals surface area (Å²) in [4.78, 5) is 0. The molecule has 1 aliphatic rings. The van der Waals surface area contributed by atoms with Gasteiger partial charge in [-0.3, -0.25) is 0 Å². The van der Waals surface area contributed by atoms with Gasteiger partial charge in [-0.25, -0.2) is 4.39 Å². The van der Waals surface area contributed by atoms with Crippen molar-refractivity contribution in [1.82, 2.24) is 0 Å². The van der Waals surface area contributed by atoms with Gasteiger partial charge in [-0.05, 0) is 81.0 Å². The number of aryl methyl sites for hydroxylation is 1. The van der Waals surface area contributed by atoms with E-state index in [0.717, 1.165) is 12.8 Å². The smallest absolute Gasteiger partial charge is 0.201 e. The van der Waals surface area contributed by atoms with E-state index in [4.69, 9.17) is 4.74 Å². The number of halogens is 2. The Morgan fingerprint density at radius 2 is 1.76 bits per heavy atom. The summed E-state index contributed by atoms with van der Waals surface area (Å²) in [6.45, 7) is 4.31. The molecule has 0 bridgehead atoms. The quantitative estimate of drug-likeness (QED) is 0.230. The van der Waals surface area contributed by atoms with Gasteiger partial charge in [-0.15, -0.1) is 0 Å². The van der Waals surface area contributed by atoms with Gasteiger partial charge < -0.3 is 4.74 Å². The average Bonchev–Trinajstić information content (AvgIpc) is 2.84. The van der Waals surface area contributed by atoms with Crippen LogP contribution in [0.3, 0.4) is 0 Å². The molecule has 1 unspecified atom stereocenters. The van der Waals surface area contributed by atoms with E-state index >= 15 is 0 Å². The van der Waals surface area contributed by atoms with Gasteiger partial charge in [-0.1, -0.05) is 74.3 Å². The van der Waals surface area contributed by atoms with Crippen molar-refractivity contribution in [3.8, 4) is 16.9 Å². The van der Waals surface area contributed by atoms with Crippen LogP contribution in [0.4, 0.5) is 8.78 Å². The monoisotopic (exact) mass is 452 g/mol. The zero-order chi connectivity index (χ0) is 23.5. The Labute approximate surface area is 198 Å². The predicted octanol–water partition coefficient (Wildman–Crippen LogP) is 9.22. The van der Waals surface area contributed by atoms with Crippen molar-refractivity contribution in [1.29, 1.82) is 0 Å². The second-order valence-corrected chi connectivity index (χ2v) is 9.04. The fraction of sp³-hybridized carbons (Fsp3) is 0.467. The van der Waals surface area contributed by atoms with Crippen LogP contribution in [0.15, 0.2) is 60.2 Å². The first-order valence-electron chi connectivity index (χ1n) is 12.7. The van der Waals surface area contributed by atoms with E-state index in [1.54, 1.807) is 18.6 Å². The molecule has 2 aromatic carbocycles. The minimum atomic E-state index is -0.926. The summed E-state index contributed by atoms with van der Waals surface area (Å²) in [6, 6.07) is 10.8. The molecule has 0 spiro atoms. The maximum Gasteiger partial charge on any atom is 0.201 e. The third-order valence-corrected chi connectivity index (χ3v) is 6.52. The molecule has 1 aliphatic carbocycles. The molecule has 0 fully saturated rings. The van der Waals surface area contributed by atoms with Crippen LogP contribution in [0.5, 0.6) is 5.75 Å². The Morgan fingerprint density at radius 1 is 0.939 bits per heavy atom. The summed E-state index contributed by atoms with van der Waals surface area (Å²) < 4.78 is 33.7. The molecular weight excluding hydrogens is 414 g/mol. The Kier molecular flexibility index (Phi) is 10.2. The number of unbranched alkanes of at least 4 members (excludes halogenated alkanes) is 3. The highest BCUT2D eigenvalue weighted by molar-refractivity contribution is 5.65. The second kappa shape index (κ2) is 13.3. The van der Waals surface area contributed by atoms with Crippen molar-refractivity contribution >= 4 is 0 Å². The van der Waals surface area contributed by atoms with Gasteiger partial charge in [-0.2, -0.15) is 4.39 Å². The number of allylic oxidation sites excluding steroid dienone is 4. The van der Waals surface area contributed by atoms with Gasteiger partial charge in [0.15, 0.2) is 11.6 Å². The molecule has 0 saturated heterocycles. The van der Waals surface area contributed by atoms with Crippen LogP contribution in [-0.4, -0.2) is 6.61 Å². The molecule has 3 heteroatoms. The van der Waals surface area contributed by atoms with Gasteiger partial charge in [0, 0.05) is 5.56 Å². The summed E-state index contributed by atoms with van der Waals surface area (Å²) in [7, 11) is 0. The number of rotatable bonds is 12. The number of hydrogen-bond donors (Lipinski definition) is 0. The molecule has 0 aliphatic heterocycles. The highest BCUT2D eigenvalue weighted by Gasteiger charge is 2.15. The predicted molar refractivity (Wildman–Crippen MR) is 135 cm³/mol. The van der Waals surface area contributed by atoms with Crippen LogP contribution in [0.2, 0.25) is 0 Å². The van der Waals surface area contributed by atoms with Crippen molar-refractivity contribution in [3.63, 3.8) is 0 Å². The maximum atomic E-state index is 14.4. The largest absolute Gasteiger partial charge is 0.491 e. The molecule has 33 heavy (non-hydrogen) atoms. The standard InChI is InChI=1S/C30H38F2O/c1-3-5-6-7-10-23-13-15-24(16-14-23)11-8-9-12-25-17-19-26(20-18-25)27-21-22-28(33-4-2)30(32)29(27)31/h8,11,13,17-22,24H,3-7,9-10,12,14-16H2,1-2H3. The fourth-order valence-electron chi connectivity index (χ4n) is 4.50. The molecule has 1 atom stereocenters. The van der Waals surface area contributed by atoms with Crippen molar-refractivity contribution in [2.45, 2.75) is 78.1 Å². The SMILES string of the molecule is CCCCCCC1=CCC(C=CCCc2ccc(-c3ccc(OCC)c(F)c3F)cc2)CC1. The molecule has 0 N–H and O–H groups in total. The first-order valence-corrected chi connectivity index (χ1v) is 12.7. The van der Waals surface area contributed by atoms with Crippen molar-refractivity contribution in [3.05, 3.63) is 77.4 Å². The van der Waals surface area contributed by atoms with Crippen LogP contribution < -0.4 is 4.74 Å². The van der Waals surface area contributed by atoms with E-state index < -0.39 is 11.6 Å². The van der Waals surface area contributed by atoms with Crippen LogP contribution >= 0.6 is 0 Å². The Balaban J connectivity index is 1.45. The second-order valence-electron chi connectivity index (χ2n) is 9.04. The van der Waals surface area contributed by atoms with Crippen molar-refractivity contribution in [2.75, 3.05) is 6.61 Å². The molecule has 1 nitrogen and oxygen atoms in total. The zero-order valence-electron chi connectivity index (χ0n) is 20.2. The van der Waals surface area contributed by atoms with Gasteiger partial charge in [0.2, 0.25) is 5.82 Å². The molecule has 0 aromatic heterocycles. The number of benzene rings is 2. The van der Waals surface area contributed by atoms with Crippen molar-refractivity contribution in [2.24, 2.45) is 5.92 Å². The lowest BCUT2D eigenvalue weighted by molar-refractivity contribution is 0.314.